The Labute approximate surface area is 230 Å². The van der Waals surface area contributed by atoms with E-state index in [4.69, 9.17) is 0 Å². The number of carbonyl (C=O) groups excluding carboxylic acids is 2. The second kappa shape index (κ2) is 11.4. The van der Waals surface area contributed by atoms with E-state index in [-0.39, 0.29) is 23.7 Å². The molecule has 1 saturated carbocycles. The molecule has 0 aliphatic heterocycles. The first-order valence-corrected chi connectivity index (χ1v) is 14.0. The van der Waals surface area contributed by atoms with Crippen molar-refractivity contribution in [3.05, 3.63) is 102 Å². The second-order valence-corrected chi connectivity index (χ2v) is 11.3. The number of aromatic amines is 1. The Morgan fingerprint density at radius 2 is 1.69 bits per heavy atom. The van der Waals surface area contributed by atoms with Crippen molar-refractivity contribution in [3.63, 3.8) is 0 Å². The lowest BCUT2D eigenvalue weighted by atomic mass is 9.71. The molecule has 1 atom stereocenters. The average molecular weight is 523 g/mol. The molecule has 1 unspecified atom stereocenters. The molecule has 2 aromatic heterocycles. The Hall–Kier alpha value is -3.93. The van der Waals surface area contributed by atoms with Crippen molar-refractivity contribution in [1.29, 1.82) is 0 Å². The maximum absolute atomic E-state index is 14.0. The van der Waals surface area contributed by atoms with Gasteiger partial charge in [0.15, 0.2) is 0 Å². The summed E-state index contributed by atoms with van der Waals surface area (Å²) in [5.41, 5.74) is 3.74. The number of pyridine rings is 1. The minimum Gasteiger partial charge on any atom is -0.361 e. The number of amides is 2. The third-order valence-corrected chi connectivity index (χ3v) is 8.35. The zero-order valence-corrected chi connectivity index (χ0v) is 22.9. The van der Waals surface area contributed by atoms with Crippen molar-refractivity contribution in [1.82, 2.24) is 20.6 Å². The molecule has 4 aromatic rings. The van der Waals surface area contributed by atoms with Crippen LogP contribution in [0.5, 0.6) is 0 Å². The minimum absolute atomic E-state index is 0.168. The average Bonchev–Trinajstić information content (AvgIpc) is 3.36. The number of fused-ring (bicyclic) bond motifs is 1. The van der Waals surface area contributed by atoms with E-state index in [0.717, 1.165) is 59.0 Å². The highest BCUT2D eigenvalue weighted by molar-refractivity contribution is 5.93. The number of para-hydroxylation sites is 1. The summed E-state index contributed by atoms with van der Waals surface area (Å²) < 4.78 is 0. The van der Waals surface area contributed by atoms with Crippen molar-refractivity contribution in [3.8, 4) is 0 Å². The van der Waals surface area contributed by atoms with E-state index in [0.29, 0.717) is 13.0 Å². The zero-order valence-electron chi connectivity index (χ0n) is 22.9. The number of benzene rings is 2. The van der Waals surface area contributed by atoms with Crippen LogP contribution in [0.4, 0.5) is 0 Å². The van der Waals surface area contributed by atoms with Crippen LogP contribution in [0.1, 0.15) is 61.4 Å². The van der Waals surface area contributed by atoms with Crippen LogP contribution in [-0.2, 0) is 27.8 Å². The predicted molar refractivity (Wildman–Crippen MR) is 155 cm³/mol. The van der Waals surface area contributed by atoms with E-state index in [2.05, 4.69) is 26.7 Å². The van der Waals surface area contributed by atoms with Crippen LogP contribution in [-0.4, -0.2) is 33.9 Å². The number of H-pyrrole nitrogens is 1. The fraction of sp³-hybridized carbons (Fsp3) is 0.364. The van der Waals surface area contributed by atoms with Gasteiger partial charge in [-0.1, -0.05) is 67.8 Å². The van der Waals surface area contributed by atoms with Crippen LogP contribution in [0.25, 0.3) is 10.9 Å². The maximum Gasteiger partial charge on any atom is 0.245 e. The van der Waals surface area contributed by atoms with Crippen LogP contribution in [0, 0.1) is 6.92 Å². The molecule has 1 aliphatic rings. The third kappa shape index (κ3) is 5.90. The lowest BCUT2D eigenvalue weighted by Gasteiger charge is -2.38. The molecule has 5 rings (SSSR count). The van der Waals surface area contributed by atoms with Crippen molar-refractivity contribution in [2.45, 2.75) is 69.7 Å². The van der Waals surface area contributed by atoms with Gasteiger partial charge in [0.05, 0.1) is 6.42 Å². The van der Waals surface area contributed by atoms with E-state index < -0.39 is 5.54 Å². The molecule has 6 nitrogen and oxygen atoms in total. The van der Waals surface area contributed by atoms with E-state index in [1.54, 1.807) is 0 Å². The first kappa shape index (κ1) is 26.7. The molecule has 6 heteroatoms. The topological polar surface area (TPSA) is 86.9 Å². The molecule has 3 N–H and O–H groups in total. The van der Waals surface area contributed by atoms with Gasteiger partial charge in [0, 0.05) is 47.4 Å². The van der Waals surface area contributed by atoms with Crippen LogP contribution >= 0.6 is 0 Å². The summed E-state index contributed by atoms with van der Waals surface area (Å²) in [7, 11) is 0. The Bertz CT molecular complexity index is 1440. The number of carbonyl (C=O) groups is 2. The van der Waals surface area contributed by atoms with Gasteiger partial charge in [-0.2, -0.15) is 0 Å². The maximum atomic E-state index is 14.0. The standard InChI is InChI=1S/C33H38N4O2/c1-24-12-4-5-13-25(24)20-30(38)37-32(2,21-26-22-35-28-15-7-6-14-27(26)28)31(39)36-23-33(17-9-3-10-18-33)29-16-8-11-19-34-29/h4-8,11-16,19,22,35H,3,9-10,17-18,20-21,23H2,1-2H3,(H,36,39)(H,37,38). The quantitative estimate of drug-likeness (QED) is 0.269. The summed E-state index contributed by atoms with van der Waals surface area (Å²) in [6.07, 6.45) is 9.79. The highest BCUT2D eigenvalue weighted by atomic mass is 16.2. The molecule has 2 heterocycles. The molecule has 0 saturated heterocycles. The van der Waals surface area contributed by atoms with Crippen LogP contribution in [0.15, 0.2) is 79.1 Å². The van der Waals surface area contributed by atoms with Gasteiger partial charge in [-0.25, -0.2) is 0 Å². The lowest BCUT2D eigenvalue weighted by Crippen LogP contribution is -2.60. The SMILES string of the molecule is Cc1ccccc1CC(=O)NC(C)(Cc1c[nH]c2ccccc12)C(=O)NCC1(c2ccccn2)CCCCC1. The fourth-order valence-corrected chi connectivity index (χ4v) is 6.05. The summed E-state index contributed by atoms with van der Waals surface area (Å²) in [6, 6.07) is 21.9. The van der Waals surface area contributed by atoms with Crippen molar-refractivity contribution in [2.24, 2.45) is 0 Å². The van der Waals surface area contributed by atoms with Crippen LogP contribution in [0.3, 0.4) is 0 Å². The number of aromatic nitrogens is 2. The molecule has 0 radical (unpaired) electrons. The first-order chi connectivity index (χ1) is 18.9. The summed E-state index contributed by atoms with van der Waals surface area (Å²) in [5, 5.41) is 7.46. The molecule has 0 bridgehead atoms. The molecule has 2 amide bonds. The molecule has 1 fully saturated rings. The molecular formula is C33H38N4O2. The largest absolute Gasteiger partial charge is 0.361 e. The second-order valence-electron chi connectivity index (χ2n) is 11.3. The molecule has 1 aliphatic carbocycles. The number of hydrogen-bond donors (Lipinski definition) is 3. The lowest BCUT2D eigenvalue weighted by molar-refractivity contribution is -0.133. The Kier molecular flexibility index (Phi) is 7.82. The Balaban J connectivity index is 1.40. The van der Waals surface area contributed by atoms with Gasteiger partial charge < -0.3 is 15.6 Å². The normalized spacial score (nSPS) is 16.4. The molecule has 39 heavy (non-hydrogen) atoms. The minimum atomic E-state index is -1.13. The van der Waals surface area contributed by atoms with Gasteiger partial charge in [-0.15, -0.1) is 0 Å². The van der Waals surface area contributed by atoms with Gasteiger partial charge in [-0.05, 0) is 61.6 Å². The number of aryl methyl sites for hydroxylation is 1. The highest BCUT2D eigenvalue weighted by Crippen LogP contribution is 2.38. The fourth-order valence-electron chi connectivity index (χ4n) is 6.05. The van der Waals surface area contributed by atoms with E-state index >= 15 is 0 Å². The number of nitrogens with zero attached hydrogens (tertiary/aromatic N) is 1. The molecule has 202 valence electrons. The van der Waals surface area contributed by atoms with Crippen molar-refractivity contribution in [2.75, 3.05) is 6.54 Å². The first-order valence-electron chi connectivity index (χ1n) is 14.0. The number of rotatable bonds is 9. The smallest absolute Gasteiger partial charge is 0.245 e. The van der Waals surface area contributed by atoms with Crippen molar-refractivity contribution >= 4 is 22.7 Å². The highest BCUT2D eigenvalue weighted by Gasteiger charge is 2.40. The van der Waals surface area contributed by atoms with Gasteiger partial charge >= 0.3 is 0 Å². The summed E-state index contributed by atoms with van der Waals surface area (Å²) >= 11 is 0. The van der Waals surface area contributed by atoms with E-state index in [1.165, 1.54) is 6.42 Å². The predicted octanol–water partition coefficient (Wildman–Crippen LogP) is 5.55. The molecule has 2 aromatic carbocycles. The third-order valence-electron chi connectivity index (χ3n) is 8.35. The van der Waals surface area contributed by atoms with Gasteiger partial charge in [0.1, 0.15) is 5.54 Å². The molecule has 0 spiro atoms. The number of nitrogens with one attached hydrogen (secondary N) is 3. The van der Waals surface area contributed by atoms with Gasteiger partial charge in [-0.3, -0.25) is 14.6 Å². The monoisotopic (exact) mass is 522 g/mol. The van der Waals surface area contributed by atoms with E-state index in [1.807, 2.05) is 86.9 Å². The Morgan fingerprint density at radius 3 is 2.46 bits per heavy atom. The van der Waals surface area contributed by atoms with Crippen LogP contribution < -0.4 is 10.6 Å². The summed E-state index contributed by atoms with van der Waals surface area (Å²) in [6.45, 7) is 4.34. The summed E-state index contributed by atoms with van der Waals surface area (Å²) in [5.74, 6) is -0.342. The van der Waals surface area contributed by atoms with Gasteiger partial charge in [0.2, 0.25) is 11.8 Å². The van der Waals surface area contributed by atoms with Crippen molar-refractivity contribution < 1.29 is 9.59 Å². The zero-order chi connectivity index (χ0) is 27.3. The number of hydrogen-bond acceptors (Lipinski definition) is 3. The summed E-state index contributed by atoms with van der Waals surface area (Å²) in [4.78, 5) is 35.4. The Morgan fingerprint density at radius 1 is 0.949 bits per heavy atom. The van der Waals surface area contributed by atoms with Gasteiger partial charge in [0.25, 0.3) is 0 Å². The van der Waals surface area contributed by atoms with E-state index in [9.17, 15) is 9.59 Å². The van der Waals surface area contributed by atoms with Crippen LogP contribution in [0.2, 0.25) is 0 Å². The molecular weight excluding hydrogens is 484 g/mol.